The van der Waals surface area contributed by atoms with Crippen LogP contribution < -0.4 is 5.32 Å². The largest absolute Gasteiger partial charge is 0.317 e. The van der Waals surface area contributed by atoms with Crippen molar-refractivity contribution < 1.29 is 0 Å². The Balaban J connectivity index is 2.43. The number of aryl methyl sites for hydroxylation is 3. The molecule has 1 rings (SSSR count). The number of unbranched alkanes of at least 4 members (excludes halogenated alkanes) is 1. The zero-order chi connectivity index (χ0) is 12.5. The van der Waals surface area contributed by atoms with Gasteiger partial charge in [0.25, 0.3) is 0 Å². The van der Waals surface area contributed by atoms with Gasteiger partial charge >= 0.3 is 0 Å². The van der Waals surface area contributed by atoms with Gasteiger partial charge in [0.2, 0.25) is 0 Å². The van der Waals surface area contributed by atoms with Gasteiger partial charge < -0.3 is 5.32 Å². The lowest BCUT2D eigenvalue weighted by molar-refractivity contribution is 0.640. The van der Waals surface area contributed by atoms with Crippen LogP contribution in [0, 0.1) is 0 Å². The fraction of sp³-hybridized carbons (Fsp3) is 0.625. The molecular weight excluding hydrogens is 206 g/mol. The molecule has 0 aliphatic rings. The van der Waals surface area contributed by atoms with Crippen LogP contribution in [-0.4, -0.2) is 13.1 Å². The molecular formula is C16H27N. The first-order chi connectivity index (χ1) is 8.31. The summed E-state index contributed by atoms with van der Waals surface area (Å²) in [4.78, 5) is 0. The van der Waals surface area contributed by atoms with E-state index in [4.69, 9.17) is 0 Å². The van der Waals surface area contributed by atoms with Crippen LogP contribution in [0.4, 0.5) is 0 Å². The van der Waals surface area contributed by atoms with Gasteiger partial charge in [0.1, 0.15) is 0 Å². The van der Waals surface area contributed by atoms with Crippen molar-refractivity contribution in [2.24, 2.45) is 0 Å². The van der Waals surface area contributed by atoms with E-state index in [9.17, 15) is 0 Å². The highest BCUT2D eigenvalue weighted by atomic mass is 14.8. The summed E-state index contributed by atoms with van der Waals surface area (Å²) in [6, 6.07) is 7.04. The molecule has 17 heavy (non-hydrogen) atoms. The number of benzene rings is 1. The highest BCUT2D eigenvalue weighted by molar-refractivity contribution is 5.32. The smallest absolute Gasteiger partial charge is 0.00489 e. The number of rotatable bonds is 8. The third kappa shape index (κ3) is 4.91. The van der Waals surface area contributed by atoms with Gasteiger partial charge in [0.05, 0.1) is 0 Å². The molecule has 0 unspecified atom stereocenters. The maximum Gasteiger partial charge on any atom is -0.00489 e. The van der Waals surface area contributed by atoms with Crippen molar-refractivity contribution >= 4 is 0 Å². The molecule has 0 saturated heterocycles. The predicted octanol–water partition coefficient (Wildman–Crippen LogP) is 3.74. The van der Waals surface area contributed by atoms with E-state index in [0.717, 1.165) is 25.9 Å². The van der Waals surface area contributed by atoms with Crippen LogP contribution in [0.1, 0.15) is 50.3 Å². The lowest BCUT2D eigenvalue weighted by Gasteiger charge is -2.09. The van der Waals surface area contributed by atoms with Crippen LogP contribution >= 0.6 is 0 Å². The fourth-order valence-electron chi connectivity index (χ4n) is 2.26. The summed E-state index contributed by atoms with van der Waals surface area (Å²) in [6.07, 6.45) is 6.12. The monoisotopic (exact) mass is 233 g/mol. The second-order valence-electron chi connectivity index (χ2n) is 4.62. The molecule has 0 radical (unpaired) electrons. The molecule has 1 N–H and O–H groups in total. The minimum Gasteiger partial charge on any atom is -0.317 e. The van der Waals surface area contributed by atoms with Crippen LogP contribution in [-0.2, 0) is 19.3 Å². The Hall–Kier alpha value is -0.820. The molecule has 1 nitrogen and oxygen atoms in total. The molecule has 0 amide bonds. The third-order valence-corrected chi connectivity index (χ3v) is 3.35. The van der Waals surface area contributed by atoms with Crippen molar-refractivity contribution in [1.82, 2.24) is 5.32 Å². The molecule has 0 spiro atoms. The summed E-state index contributed by atoms with van der Waals surface area (Å²) >= 11 is 0. The van der Waals surface area contributed by atoms with Crippen LogP contribution in [0.15, 0.2) is 18.2 Å². The van der Waals surface area contributed by atoms with Gasteiger partial charge in [-0.2, -0.15) is 0 Å². The SMILES string of the molecule is CCNCCCCc1ccc(CC)c(CC)c1. The van der Waals surface area contributed by atoms with Gasteiger partial charge in [-0.15, -0.1) is 0 Å². The summed E-state index contributed by atoms with van der Waals surface area (Å²) in [5.41, 5.74) is 4.57. The summed E-state index contributed by atoms with van der Waals surface area (Å²) in [7, 11) is 0. The molecule has 0 fully saturated rings. The van der Waals surface area contributed by atoms with Crippen molar-refractivity contribution in [1.29, 1.82) is 0 Å². The molecule has 96 valence electrons. The average Bonchev–Trinajstić information content (AvgIpc) is 2.38. The molecule has 0 aliphatic carbocycles. The molecule has 0 aromatic heterocycles. The number of hydrogen-bond donors (Lipinski definition) is 1. The van der Waals surface area contributed by atoms with Gasteiger partial charge in [0.15, 0.2) is 0 Å². The Kier molecular flexibility index (Phi) is 6.95. The van der Waals surface area contributed by atoms with E-state index in [2.05, 4.69) is 44.3 Å². The Labute approximate surface area is 107 Å². The van der Waals surface area contributed by atoms with E-state index in [1.54, 1.807) is 0 Å². The zero-order valence-corrected chi connectivity index (χ0v) is 11.7. The summed E-state index contributed by atoms with van der Waals surface area (Å²) < 4.78 is 0. The van der Waals surface area contributed by atoms with Crippen molar-refractivity contribution in [2.45, 2.75) is 52.9 Å². The minimum atomic E-state index is 1.09. The molecule has 1 aromatic carbocycles. The standard InChI is InChI=1S/C16H27N/c1-4-15-11-10-14(13-16(15)5-2)9-7-8-12-17-6-3/h10-11,13,17H,4-9,12H2,1-3H3. The first-order valence-corrected chi connectivity index (χ1v) is 7.13. The van der Waals surface area contributed by atoms with E-state index >= 15 is 0 Å². The molecule has 0 atom stereocenters. The zero-order valence-electron chi connectivity index (χ0n) is 11.7. The first kappa shape index (κ1) is 14.2. The third-order valence-electron chi connectivity index (χ3n) is 3.35. The normalized spacial score (nSPS) is 10.8. The Morgan fingerprint density at radius 3 is 2.35 bits per heavy atom. The highest BCUT2D eigenvalue weighted by Crippen LogP contribution is 2.15. The highest BCUT2D eigenvalue weighted by Gasteiger charge is 2.01. The van der Waals surface area contributed by atoms with Crippen molar-refractivity contribution in [3.63, 3.8) is 0 Å². The van der Waals surface area contributed by atoms with E-state index in [-0.39, 0.29) is 0 Å². The van der Waals surface area contributed by atoms with Crippen molar-refractivity contribution in [3.05, 3.63) is 34.9 Å². The molecule has 0 bridgehead atoms. The summed E-state index contributed by atoms with van der Waals surface area (Å²) in [5, 5.41) is 3.38. The van der Waals surface area contributed by atoms with Crippen LogP contribution in [0.3, 0.4) is 0 Å². The number of nitrogens with one attached hydrogen (secondary N) is 1. The average molecular weight is 233 g/mol. The summed E-state index contributed by atoms with van der Waals surface area (Å²) in [5.74, 6) is 0. The minimum absolute atomic E-state index is 1.09. The van der Waals surface area contributed by atoms with Gasteiger partial charge in [-0.05, 0) is 61.9 Å². The number of hydrogen-bond acceptors (Lipinski definition) is 1. The van der Waals surface area contributed by atoms with Gasteiger partial charge in [-0.3, -0.25) is 0 Å². The van der Waals surface area contributed by atoms with Crippen LogP contribution in [0.25, 0.3) is 0 Å². The quantitative estimate of drug-likeness (QED) is 0.674. The van der Waals surface area contributed by atoms with Crippen molar-refractivity contribution in [3.8, 4) is 0 Å². The molecule has 0 saturated carbocycles. The van der Waals surface area contributed by atoms with Crippen LogP contribution in [0.5, 0.6) is 0 Å². The van der Waals surface area contributed by atoms with E-state index in [1.807, 2.05) is 0 Å². The van der Waals surface area contributed by atoms with E-state index < -0.39 is 0 Å². The van der Waals surface area contributed by atoms with Gasteiger partial charge in [-0.1, -0.05) is 39.0 Å². The molecule has 0 aliphatic heterocycles. The summed E-state index contributed by atoms with van der Waals surface area (Å²) in [6.45, 7) is 8.90. The fourth-order valence-corrected chi connectivity index (χ4v) is 2.26. The topological polar surface area (TPSA) is 12.0 Å². The van der Waals surface area contributed by atoms with Gasteiger partial charge in [0, 0.05) is 0 Å². The van der Waals surface area contributed by atoms with Gasteiger partial charge in [-0.25, -0.2) is 0 Å². The maximum absolute atomic E-state index is 3.38. The Morgan fingerprint density at radius 2 is 1.71 bits per heavy atom. The second kappa shape index (κ2) is 8.30. The first-order valence-electron chi connectivity index (χ1n) is 7.13. The van der Waals surface area contributed by atoms with E-state index in [1.165, 1.54) is 36.0 Å². The molecule has 1 aromatic rings. The predicted molar refractivity (Wildman–Crippen MR) is 76.7 cm³/mol. The maximum atomic E-state index is 3.38. The Morgan fingerprint density at radius 1 is 0.941 bits per heavy atom. The second-order valence-corrected chi connectivity index (χ2v) is 4.62. The lowest BCUT2D eigenvalue weighted by Crippen LogP contribution is -2.13. The lowest BCUT2D eigenvalue weighted by atomic mass is 9.98. The molecule has 0 heterocycles. The van der Waals surface area contributed by atoms with E-state index in [0.29, 0.717) is 0 Å². The molecule has 1 heteroatoms. The van der Waals surface area contributed by atoms with Crippen LogP contribution in [0.2, 0.25) is 0 Å². The van der Waals surface area contributed by atoms with Crippen molar-refractivity contribution in [2.75, 3.05) is 13.1 Å². The Bertz CT molecular complexity index is 317.